The van der Waals surface area contributed by atoms with Gasteiger partial charge in [0.05, 0.1) is 0 Å². The lowest BCUT2D eigenvalue weighted by Gasteiger charge is -2.08. The van der Waals surface area contributed by atoms with Gasteiger partial charge in [-0.05, 0) is 18.7 Å². The monoisotopic (exact) mass is 211 g/mol. The first-order valence-electron chi connectivity index (χ1n) is 4.50. The SMILES string of the molecule is CCS/C(=C(/C)N)c1ccccc1F. The standard InChI is InChI=1S/C11H14FNS/c1-3-14-11(8(2)13)9-6-4-5-7-10(9)12/h4-7H,3,13H2,1-2H3/b11-8-. The molecule has 0 unspecified atom stereocenters. The van der Waals surface area contributed by atoms with Crippen molar-refractivity contribution < 1.29 is 4.39 Å². The number of benzene rings is 1. The molecule has 1 aromatic carbocycles. The van der Waals surface area contributed by atoms with Gasteiger partial charge >= 0.3 is 0 Å². The lowest BCUT2D eigenvalue weighted by Crippen LogP contribution is -1.98. The van der Waals surface area contributed by atoms with Gasteiger partial charge in [0.15, 0.2) is 0 Å². The Labute approximate surface area is 88.2 Å². The molecule has 0 saturated carbocycles. The Morgan fingerprint density at radius 3 is 2.57 bits per heavy atom. The van der Waals surface area contributed by atoms with E-state index < -0.39 is 0 Å². The van der Waals surface area contributed by atoms with Crippen LogP contribution in [0.2, 0.25) is 0 Å². The van der Waals surface area contributed by atoms with E-state index in [0.29, 0.717) is 11.3 Å². The Kier molecular flexibility index (Phi) is 4.01. The Bertz CT molecular complexity index is 343. The summed E-state index contributed by atoms with van der Waals surface area (Å²) in [6, 6.07) is 6.70. The summed E-state index contributed by atoms with van der Waals surface area (Å²) < 4.78 is 13.4. The number of hydrogen-bond acceptors (Lipinski definition) is 2. The Morgan fingerprint density at radius 1 is 1.43 bits per heavy atom. The second kappa shape index (κ2) is 5.05. The molecule has 0 heterocycles. The molecule has 0 fully saturated rings. The molecule has 0 aromatic heterocycles. The summed E-state index contributed by atoms with van der Waals surface area (Å²) in [5, 5.41) is 0. The Hall–Kier alpha value is -0.960. The third-order valence-electron chi connectivity index (χ3n) is 1.77. The van der Waals surface area contributed by atoms with Crippen LogP contribution in [-0.4, -0.2) is 5.75 Å². The molecule has 3 heteroatoms. The van der Waals surface area contributed by atoms with Crippen molar-refractivity contribution in [3.63, 3.8) is 0 Å². The molecule has 0 amide bonds. The minimum absolute atomic E-state index is 0.215. The third kappa shape index (κ3) is 2.51. The molecule has 1 aromatic rings. The van der Waals surface area contributed by atoms with Crippen LogP contribution in [0.3, 0.4) is 0 Å². The molecule has 2 N–H and O–H groups in total. The molecule has 1 nitrogen and oxygen atoms in total. The van der Waals surface area contributed by atoms with Crippen molar-refractivity contribution in [2.45, 2.75) is 13.8 Å². The topological polar surface area (TPSA) is 26.0 Å². The lowest BCUT2D eigenvalue weighted by atomic mass is 10.2. The first kappa shape index (κ1) is 11.1. The summed E-state index contributed by atoms with van der Waals surface area (Å²) in [6.07, 6.45) is 0. The van der Waals surface area contributed by atoms with Gasteiger partial charge in [0.25, 0.3) is 0 Å². The van der Waals surface area contributed by atoms with Crippen molar-refractivity contribution in [2.75, 3.05) is 5.75 Å². The molecule has 0 spiro atoms. The minimum Gasteiger partial charge on any atom is -0.401 e. The normalized spacial score (nSPS) is 12.5. The molecule has 0 saturated heterocycles. The van der Waals surface area contributed by atoms with Gasteiger partial charge in [0.2, 0.25) is 0 Å². The van der Waals surface area contributed by atoms with Gasteiger partial charge in [-0.25, -0.2) is 4.39 Å². The van der Waals surface area contributed by atoms with Gasteiger partial charge < -0.3 is 5.73 Å². The molecule has 0 atom stereocenters. The zero-order chi connectivity index (χ0) is 10.6. The third-order valence-corrected chi connectivity index (χ3v) is 2.88. The fourth-order valence-corrected chi connectivity index (χ4v) is 2.03. The zero-order valence-corrected chi connectivity index (χ0v) is 9.20. The maximum Gasteiger partial charge on any atom is 0.131 e. The summed E-state index contributed by atoms with van der Waals surface area (Å²) >= 11 is 1.57. The highest BCUT2D eigenvalue weighted by atomic mass is 32.2. The molecular weight excluding hydrogens is 197 g/mol. The van der Waals surface area contributed by atoms with Crippen LogP contribution in [0.5, 0.6) is 0 Å². The second-order valence-corrected chi connectivity index (χ2v) is 4.20. The highest BCUT2D eigenvalue weighted by Gasteiger charge is 2.08. The van der Waals surface area contributed by atoms with Crippen molar-refractivity contribution in [1.29, 1.82) is 0 Å². The van der Waals surface area contributed by atoms with Crippen molar-refractivity contribution in [3.8, 4) is 0 Å². The van der Waals surface area contributed by atoms with E-state index in [9.17, 15) is 4.39 Å². The quantitative estimate of drug-likeness (QED) is 0.830. The number of allylic oxidation sites excluding steroid dienone is 1. The molecule has 0 radical (unpaired) electrons. The van der Waals surface area contributed by atoms with Crippen LogP contribution in [-0.2, 0) is 0 Å². The van der Waals surface area contributed by atoms with Crippen molar-refractivity contribution >= 4 is 16.7 Å². The predicted molar refractivity (Wildman–Crippen MR) is 61.3 cm³/mol. The largest absolute Gasteiger partial charge is 0.401 e. The number of nitrogens with two attached hydrogens (primary N) is 1. The van der Waals surface area contributed by atoms with Crippen LogP contribution >= 0.6 is 11.8 Å². The van der Waals surface area contributed by atoms with E-state index in [4.69, 9.17) is 5.73 Å². The van der Waals surface area contributed by atoms with E-state index in [2.05, 4.69) is 0 Å². The number of thioether (sulfide) groups is 1. The average molecular weight is 211 g/mol. The molecule has 1 rings (SSSR count). The van der Waals surface area contributed by atoms with Crippen LogP contribution in [0.4, 0.5) is 4.39 Å². The van der Waals surface area contributed by atoms with Crippen LogP contribution in [0.15, 0.2) is 30.0 Å². The van der Waals surface area contributed by atoms with Crippen molar-refractivity contribution in [2.24, 2.45) is 5.73 Å². The number of rotatable bonds is 3. The van der Waals surface area contributed by atoms with E-state index >= 15 is 0 Å². The van der Waals surface area contributed by atoms with Gasteiger partial charge in [-0.2, -0.15) is 0 Å². The van der Waals surface area contributed by atoms with Gasteiger partial charge in [-0.15, -0.1) is 11.8 Å². The summed E-state index contributed by atoms with van der Waals surface area (Å²) in [6.45, 7) is 3.82. The van der Waals surface area contributed by atoms with E-state index in [1.54, 1.807) is 30.8 Å². The molecule has 14 heavy (non-hydrogen) atoms. The van der Waals surface area contributed by atoms with Gasteiger partial charge in [0.1, 0.15) is 5.82 Å². The van der Waals surface area contributed by atoms with Crippen LogP contribution in [0.25, 0.3) is 4.91 Å². The molecule has 76 valence electrons. The second-order valence-electron chi connectivity index (χ2n) is 2.92. The number of hydrogen-bond donors (Lipinski definition) is 1. The molecule has 0 aliphatic carbocycles. The van der Waals surface area contributed by atoms with Gasteiger partial charge in [-0.3, -0.25) is 0 Å². The molecule has 0 aliphatic rings. The van der Waals surface area contributed by atoms with E-state index in [0.717, 1.165) is 10.7 Å². The van der Waals surface area contributed by atoms with E-state index in [-0.39, 0.29) is 5.82 Å². The van der Waals surface area contributed by atoms with Crippen molar-refractivity contribution in [3.05, 3.63) is 41.3 Å². The van der Waals surface area contributed by atoms with E-state index in [1.807, 2.05) is 13.0 Å². The highest BCUT2D eigenvalue weighted by Crippen LogP contribution is 2.30. The fourth-order valence-electron chi connectivity index (χ4n) is 1.19. The summed E-state index contributed by atoms with van der Waals surface area (Å²) in [5.41, 5.74) is 6.98. The smallest absolute Gasteiger partial charge is 0.131 e. The maximum absolute atomic E-state index is 13.4. The molecule has 0 bridgehead atoms. The van der Waals surface area contributed by atoms with Gasteiger partial charge in [-0.1, -0.05) is 25.1 Å². The summed E-state index contributed by atoms with van der Waals surface area (Å²) in [4.78, 5) is 0.839. The minimum atomic E-state index is -0.215. The van der Waals surface area contributed by atoms with E-state index in [1.165, 1.54) is 6.07 Å². The van der Waals surface area contributed by atoms with Gasteiger partial charge in [0, 0.05) is 16.2 Å². The Balaban J connectivity index is 3.13. The first-order valence-corrected chi connectivity index (χ1v) is 5.49. The van der Waals surface area contributed by atoms with Crippen LogP contribution in [0, 0.1) is 5.82 Å². The molecule has 0 aliphatic heterocycles. The maximum atomic E-state index is 13.4. The van der Waals surface area contributed by atoms with Crippen molar-refractivity contribution in [1.82, 2.24) is 0 Å². The predicted octanol–water partition coefficient (Wildman–Crippen LogP) is 3.23. The van der Waals surface area contributed by atoms with Crippen LogP contribution in [0.1, 0.15) is 19.4 Å². The highest BCUT2D eigenvalue weighted by molar-refractivity contribution is 8.08. The molecular formula is C11H14FNS. The lowest BCUT2D eigenvalue weighted by molar-refractivity contribution is 0.624. The first-order chi connectivity index (χ1) is 6.66. The summed E-state index contributed by atoms with van der Waals surface area (Å²) in [7, 11) is 0. The number of halogens is 1. The summed E-state index contributed by atoms with van der Waals surface area (Å²) in [5.74, 6) is 0.673. The Morgan fingerprint density at radius 2 is 2.07 bits per heavy atom. The fraction of sp³-hybridized carbons (Fsp3) is 0.273. The zero-order valence-electron chi connectivity index (χ0n) is 8.38. The van der Waals surface area contributed by atoms with Crippen LogP contribution < -0.4 is 5.73 Å². The average Bonchev–Trinajstić information content (AvgIpc) is 2.15.